The van der Waals surface area contributed by atoms with Crippen LogP contribution in [0.1, 0.15) is 36.0 Å². The average molecular weight is 469 g/mol. The molecule has 0 aromatic heterocycles. The van der Waals surface area contributed by atoms with Crippen molar-refractivity contribution >= 4 is 27.3 Å². The Morgan fingerprint density at radius 2 is 1.61 bits per heavy atom. The number of nitrogens with one attached hydrogen (secondary N) is 1. The lowest BCUT2D eigenvalue weighted by molar-refractivity contribution is 0.102. The number of piperazine rings is 1. The molecule has 3 aliphatic rings. The number of benzene rings is 2. The lowest BCUT2D eigenvalue weighted by Crippen LogP contribution is -2.47. The first-order valence-electron chi connectivity index (χ1n) is 12.0. The zero-order chi connectivity index (χ0) is 22.8. The molecule has 2 aliphatic heterocycles. The Bertz CT molecular complexity index is 1080. The highest BCUT2D eigenvalue weighted by molar-refractivity contribution is 7.89. The van der Waals surface area contributed by atoms with Crippen molar-refractivity contribution in [2.45, 2.75) is 30.6 Å². The van der Waals surface area contributed by atoms with Crippen molar-refractivity contribution in [3.63, 3.8) is 0 Å². The van der Waals surface area contributed by atoms with Crippen LogP contribution < -0.4 is 10.2 Å². The van der Waals surface area contributed by atoms with Gasteiger partial charge in [0.25, 0.3) is 5.91 Å². The second kappa shape index (κ2) is 9.44. The molecule has 1 amide bonds. The summed E-state index contributed by atoms with van der Waals surface area (Å²) in [5, 5.41) is 2.96. The molecule has 3 fully saturated rings. The van der Waals surface area contributed by atoms with Gasteiger partial charge in [0, 0.05) is 62.8 Å². The molecule has 2 aromatic rings. The predicted molar refractivity (Wildman–Crippen MR) is 130 cm³/mol. The van der Waals surface area contributed by atoms with Crippen LogP contribution in [0.25, 0.3) is 0 Å². The lowest BCUT2D eigenvalue weighted by Gasteiger charge is -2.36. The van der Waals surface area contributed by atoms with E-state index >= 15 is 0 Å². The molecule has 1 N–H and O–H groups in total. The van der Waals surface area contributed by atoms with Gasteiger partial charge in [-0.2, -0.15) is 4.31 Å². The Hall–Kier alpha value is -2.42. The van der Waals surface area contributed by atoms with Gasteiger partial charge in [0.15, 0.2) is 0 Å². The minimum Gasteiger partial charge on any atom is -0.369 e. The van der Waals surface area contributed by atoms with Gasteiger partial charge in [0.05, 0.1) is 4.90 Å². The van der Waals surface area contributed by atoms with E-state index in [9.17, 15) is 13.2 Å². The molecular weight excluding hydrogens is 436 g/mol. The summed E-state index contributed by atoms with van der Waals surface area (Å²) in [6.45, 7) is 6.53. The summed E-state index contributed by atoms with van der Waals surface area (Å²) < 4.78 is 26.9. The van der Waals surface area contributed by atoms with Crippen molar-refractivity contribution in [3.05, 3.63) is 54.1 Å². The quantitative estimate of drug-likeness (QED) is 0.675. The SMILES string of the molecule is O=C(Nc1cccc(N2CCN(CC3CC3)CC2)c1)c1ccc(S(=O)(=O)N2CCCC2)cc1. The Balaban J connectivity index is 1.20. The van der Waals surface area contributed by atoms with Gasteiger partial charge >= 0.3 is 0 Å². The number of rotatable bonds is 7. The molecule has 1 saturated carbocycles. The second-order valence-corrected chi connectivity index (χ2v) is 11.3. The molecule has 1 aliphatic carbocycles. The smallest absolute Gasteiger partial charge is 0.255 e. The van der Waals surface area contributed by atoms with E-state index in [-0.39, 0.29) is 10.8 Å². The summed E-state index contributed by atoms with van der Waals surface area (Å²) in [6.07, 6.45) is 4.57. The van der Waals surface area contributed by atoms with E-state index in [1.807, 2.05) is 18.2 Å². The number of amides is 1. The molecule has 33 heavy (non-hydrogen) atoms. The zero-order valence-corrected chi connectivity index (χ0v) is 19.8. The van der Waals surface area contributed by atoms with Crippen molar-refractivity contribution in [1.82, 2.24) is 9.21 Å². The van der Waals surface area contributed by atoms with E-state index in [2.05, 4.69) is 21.2 Å². The van der Waals surface area contributed by atoms with Gasteiger partial charge in [-0.15, -0.1) is 0 Å². The standard InChI is InChI=1S/C25H32N4O3S/c30-25(21-8-10-24(11-9-21)33(31,32)29-12-1-2-13-29)26-22-4-3-5-23(18-22)28-16-14-27(15-17-28)19-20-6-7-20/h3-5,8-11,18,20H,1-2,6-7,12-17,19H2,(H,26,30). The number of anilines is 2. The summed E-state index contributed by atoms with van der Waals surface area (Å²) in [7, 11) is -3.47. The fourth-order valence-electron chi connectivity index (χ4n) is 4.69. The van der Waals surface area contributed by atoms with E-state index in [1.54, 1.807) is 12.1 Å². The van der Waals surface area contributed by atoms with Crippen LogP contribution in [0.15, 0.2) is 53.4 Å². The summed E-state index contributed by atoms with van der Waals surface area (Å²) in [4.78, 5) is 18.0. The lowest BCUT2D eigenvalue weighted by atomic mass is 10.2. The molecule has 8 heteroatoms. The molecule has 2 aromatic carbocycles. The topological polar surface area (TPSA) is 73.0 Å². The average Bonchev–Trinajstić information content (AvgIpc) is 3.46. The van der Waals surface area contributed by atoms with Crippen molar-refractivity contribution in [2.75, 3.05) is 56.0 Å². The van der Waals surface area contributed by atoms with Gasteiger partial charge in [0.1, 0.15) is 0 Å². The minimum absolute atomic E-state index is 0.240. The Morgan fingerprint density at radius 3 is 2.27 bits per heavy atom. The first kappa shape index (κ1) is 22.4. The number of nitrogens with zero attached hydrogens (tertiary/aromatic N) is 3. The van der Waals surface area contributed by atoms with Crippen LogP contribution in [-0.4, -0.2) is 69.3 Å². The second-order valence-electron chi connectivity index (χ2n) is 9.37. The Morgan fingerprint density at radius 1 is 0.909 bits per heavy atom. The largest absolute Gasteiger partial charge is 0.369 e. The zero-order valence-electron chi connectivity index (χ0n) is 18.9. The van der Waals surface area contributed by atoms with Gasteiger partial charge in [0.2, 0.25) is 10.0 Å². The minimum atomic E-state index is -3.47. The van der Waals surface area contributed by atoms with Crippen LogP contribution in [0.4, 0.5) is 11.4 Å². The van der Waals surface area contributed by atoms with E-state index in [1.165, 1.54) is 35.8 Å². The van der Waals surface area contributed by atoms with Gasteiger partial charge in [-0.05, 0) is 74.1 Å². The molecule has 2 heterocycles. The third-order valence-corrected chi connectivity index (χ3v) is 8.79. The van der Waals surface area contributed by atoms with Crippen LogP contribution in [-0.2, 0) is 10.0 Å². The fraction of sp³-hybridized carbons (Fsp3) is 0.480. The van der Waals surface area contributed by atoms with Crippen LogP contribution in [0, 0.1) is 5.92 Å². The number of carbonyl (C=O) groups excluding carboxylic acids is 1. The maximum Gasteiger partial charge on any atom is 0.255 e. The van der Waals surface area contributed by atoms with Crippen molar-refractivity contribution in [1.29, 1.82) is 0 Å². The van der Waals surface area contributed by atoms with Crippen LogP contribution in [0.2, 0.25) is 0 Å². The molecule has 0 radical (unpaired) electrons. The highest BCUT2D eigenvalue weighted by Gasteiger charge is 2.28. The van der Waals surface area contributed by atoms with Gasteiger partial charge in [-0.25, -0.2) is 8.42 Å². The van der Waals surface area contributed by atoms with Crippen molar-refractivity contribution in [3.8, 4) is 0 Å². The first-order valence-corrected chi connectivity index (χ1v) is 13.4. The van der Waals surface area contributed by atoms with E-state index in [4.69, 9.17) is 0 Å². The molecule has 5 rings (SSSR count). The van der Waals surface area contributed by atoms with Crippen LogP contribution >= 0.6 is 0 Å². The molecule has 0 atom stereocenters. The number of hydrogen-bond donors (Lipinski definition) is 1. The van der Waals surface area contributed by atoms with E-state index < -0.39 is 10.0 Å². The van der Waals surface area contributed by atoms with Crippen molar-refractivity contribution in [2.24, 2.45) is 5.92 Å². The van der Waals surface area contributed by atoms with Gasteiger partial charge < -0.3 is 10.2 Å². The normalized spacial score (nSPS) is 20.2. The van der Waals surface area contributed by atoms with Gasteiger partial charge in [-0.3, -0.25) is 9.69 Å². The van der Waals surface area contributed by atoms with E-state index in [0.29, 0.717) is 18.7 Å². The van der Waals surface area contributed by atoms with Crippen LogP contribution in [0.5, 0.6) is 0 Å². The molecule has 176 valence electrons. The summed E-state index contributed by atoms with van der Waals surface area (Å²) in [5.41, 5.74) is 2.30. The number of hydrogen-bond acceptors (Lipinski definition) is 5. The molecule has 2 saturated heterocycles. The van der Waals surface area contributed by atoms with Gasteiger partial charge in [-0.1, -0.05) is 6.07 Å². The molecule has 7 nitrogen and oxygen atoms in total. The van der Waals surface area contributed by atoms with E-state index in [0.717, 1.165) is 56.3 Å². The number of sulfonamides is 1. The summed E-state index contributed by atoms with van der Waals surface area (Å²) in [6, 6.07) is 14.2. The monoisotopic (exact) mass is 468 g/mol. The summed E-state index contributed by atoms with van der Waals surface area (Å²) >= 11 is 0. The summed E-state index contributed by atoms with van der Waals surface area (Å²) in [5.74, 6) is 0.677. The fourth-order valence-corrected chi connectivity index (χ4v) is 6.21. The highest BCUT2D eigenvalue weighted by atomic mass is 32.2. The third kappa shape index (κ3) is 5.23. The molecular formula is C25H32N4O3S. The molecule has 0 bridgehead atoms. The third-order valence-electron chi connectivity index (χ3n) is 6.87. The molecule has 0 unspecified atom stereocenters. The number of carbonyl (C=O) groups is 1. The Labute approximate surface area is 196 Å². The molecule has 0 spiro atoms. The van der Waals surface area contributed by atoms with Crippen molar-refractivity contribution < 1.29 is 13.2 Å². The maximum atomic E-state index is 12.8. The highest BCUT2D eigenvalue weighted by Crippen LogP contribution is 2.30. The predicted octanol–water partition coefficient (Wildman–Crippen LogP) is 3.26. The maximum absolute atomic E-state index is 12.8. The van der Waals surface area contributed by atoms with Crippen LogP contribution in [0.3, 0.4) is 0 Å². The first-order chi connectivity index (χ1) is 16.0. The Kier molecular flexibility index (Phi) is 6.40.